The number of ether oxygens (including phenoxy) is 1. The molecule has 0 aliphatic rings. The smallest absolute Gasteiger partial charge is 0.410 e. The van der Waals surface area contributed by atoms with Crippen LogP contribution in [0.1, 0.15) is 40.5 Å². The third-order valence-corrected chi connectivity index (χ3v) is 3.02. The quantitative estimate of drug-likeness (QED) is 0.764. The van der Waals surface area contributed by atoms with Crippen LogP contribution in [0.15, 0.2) is 0 Å². The average molecular weight is 216 g/mol. The van der Waals surface area contributed by atoms with E-state index in [1.807, 2.05) is 27.7 Å². The molecule has 4 nitrogen and oxygen atoms in total. The van der Waals surface area contributed by atoms with Gasteiger partial charge in [0.05, 0.1) is 11.6 Å². The molecule has 0 aromatic heterocycles. The van der Waals surface area contributed by atoms with Crippen molar-refractivity contribution in [1.82, 2.24) is 4.90 Å². The molecule has 1 amide bonds. The maximum atomic E-state index is 11.7. The third-order valence-electron chi connectivity index (χ3n) is 3.02. The van der Waals surface area contributed by atoms with Gasteiger partial charge >= 0.3 is 6.09 Å². The Hall–Kier alpha value is -0.770. The van der Waals surface area contributed by atoms with E-state index in [-0.39, 0.29) is 17.7 Å². The van der Waals surface area contributed by atoms with Gasteiger partial charge < -0.3 is 15.4 Å². The van der Waals surface area contributed by atoms with Crippen molar-refractivity contribution in [2.75, 3.05) is 13.6 Å². The predicted octanol–water partition coefficient (Wildman–Crippen LogP) is 1.98. The highest BCUT2D eigenvalue weighted by Gasteiger charge is 2.33. The number of carbonyl (C=O) groups excluding carboxylic acids is 1. The van der Waals surface area contributed by atoms with Crippen LogP contribution in [0.4, 0.5) is 4.79 Å². The minimum Gasteiger partial charge on any atom is -0.447 e. The summed E-state index contributed by atoms with van der Waals surface area (Å²) < 4.78 is 5.15. The molecule has 4 heteroatoms. The monoisotopic (exact) mass is 216 g/mol. The van der Waals surface area contributed by atoms with E-state index in [2.05, 4.69) is 0 Å². The van der Waals surface area contributed by atoms with Gasteiger partial charge in [-0.3, -0.25) is 0 Å². The molecule has 0 saturated carbocycles. The summed E-state index contributed by atoms with van der Waals surface area (Å²) in [7, 11) is 1.75. The summed E-state index contributed by atoms with van der Waals surface area (Å²) in [6.45, 7) is 8.22. The molecule has 0 heterocycles. The molecule has 0 aromatic carbocycles. The minimum atomic E-state index is -0.292. The molecule has 0 atom stereocenters. The molecule has 0 spiro atoms. The Morgan fingerprint density at radius 2 is 1.87 bits per heavy atom. The SMILES string of the molecule is CCC(CC)(CN)N(C)C(=O)OC(C)C. The van der Waals surface area contributed by atoms with Gasteiger partial charge in [0.1, 0.15) is 0 Å². The van der Waals surface area contributed by atoms with E-state index in [4.69, 9.17) is 10.5 Å². The van der Waals surface area contributed by atoms with Crippen LogP contribution < -0.4 is 5.73 Å². The van der Waals surface area contributed by atoms with Crippen molar-refractivity contribution >= 4 is 6.09 Å². The zero-order valence-electron chi connectivity index (χ0n) is 10.5. The minimum absolute atomic E-state index is 0.0934. The first kappa shape index (κ1) is 14.2. The van der Waals surface area contributed by atoms with E-state index in [0.717, 1.165) is 12.8 Å². The third kappa shape index (κ3) is 3.38. The van der Waals surface area contributed by atoms with Gasteiger partial charge in [0.2, 0.25) is 0 Å². The molecule has 0 aromatic rings. The molecule has 0 aliphatic carbocycles. The van der Waals surface area contributed by atoms with Crippen LogP contribution in [0.5, 0.6) is 0 Å². The highest BCUT2D eigenvalue weighted by Crippen LogP contribution is 2.22. The van der Waals surface area contributed by atoms with Crippen molar-refractivity contribution in [2.45, 2.75) is 52.2 Å². The second-order valence-electron chi connectivity index (χ2n) is 4.13. The Morgan fingerprint density at radius 3 is 2.13 bits per heavy atom. The second-order valence-corrected chi connectivity index (χ2v) is 4.13. The molecule has 0 saturated heterocycles. The van der Waals surface area contributed by atoms with Crippen molar-refractivity contribution in [2.24, 2.45) is 5.73 Å². The maximum Gasteiger partial charge on any atom is 0.410 e. The summed E-state index contributed by atoms with van der Waals surface area (Å²) in [6.07, 6.45) is 1.29. The number of nitrogens with two attached hydrogens (primary N) is 1. The maximum absolute atomic E-state index is 11.7. The van der Waals surface area contributed by atoms with Gasteiger partial charge in [0, 0.05) is 13.6 Å². The molecule has 0 fully saturated rings. The fourth-order valence-corrected chi connectivity index (χ4v) is 1.62. The van der Waals surface area contributed by atoms with Crippen molar-refractivity contribution in [3.63, 3.8) is 0 Å². The fraction of sp³-hybridized carbons (Fsp3) is 0.909. The molecule has 0 bridgehead atoms. The average Bonchev–Trinajstić information content (AvgIpc) is 2.20. The van der Waals surface area contributed by atoms with Crippen LogP contribution in [-0.2, 0) is 4.74 Å². The normalized spacial score (nSPS) is 11.7. The number of rotatable bonds is 5. The molecule has 90 valence electrons. The van der Waals surface area contributed by atoms with Gasteiger partial charge in [0.25, 0.3) is 0 Å². The van der Waals surface area contributed by atoms with Crippen LogP contribution in [0.3, 0.4) is 0 Å². The second kappa shape index (κ2) is 5.95. The van der Waals surface area contributed by atoms with Crippen LogP contribution >= 0.6 is 0 Å². The molecule has 0 aliphatic heterocycles. The number of hydrogen-bond donors (Lipinski definition) is 1. The molecule has 0 rings (SSSR count). The van der Waals surface area contributed by atoms with Crippen LogP contribution in [-0.4, -0.2) is 36.2 Å². The van der Waals surface area contributed by atoms with Crippen molar-refractivity contribution in [3.05, 3.63) is 0 Å². The van der Waals surface area contributed by atoms with Gasteiger partial charge in [-0.15, -0.1) is 0 Å². The first-order chi connectivity index (χ1) is 6.93. The van der Waals surface area contributed by atoms with Crippen LogP contribution in [0.2, 0.25) is 0 Å². The largest absolute Gasteiger partial charge is 0.447 e. The van der Waals surface area contributed by atoms with Gasteiger partial charge in [0.15, 0.2) is 0 Å². The van der Waals surface area contributed by atoms with Crippen molar-refractivity contribution < 1.29 is 9.53 Å². The molecule has 2 N–H and O–H groups in total. The molecule has 0 unspecified atom stereocenters. The predicted molar refractivity (Wildman–Crippen MR) is 61.7 cm³/mol. The lowest BCUT2D eigenvalue weighted by Gasteiger charge is -2.39. The summed E-state index contributed by atoms with van der Waals surface area (Å²) in [5, 5.41) is 0. The number of carbonyl (C=O) groups is 1. The molecular weight excluding hydrogens is 192 g/mol. The highest BCUT2D eigenvalue weighted by atomic mass is 16.6. The number of likely N-dealkylation sites (N-methyl/N-ethyl adjacent to an activating group) is 1. The Morgan fingerprint density at radius 1 is 1.40 bits per heavy atom. The Balaban J connectivity index is 4.63. The molecule has 0 radical (unpaired) electrons. The van der Waals surface area contributed by atoms with Crippen LogP contribution in [0, 0.1) is 0 Å². The summed E-state index contributed by atoms with van der Waals surface area (Å²) >= 11 is 0. The highest BCUT2D eigenvalue weighted by molar-refractivity contribution is 5.68. The first-order valence-corrected chi connectivity index (χ1v) is 5.58. The van der Waals surface area contributed by atoms with E-state index in [1.165, 1.54) is 0 Å². The Labute approximate surface area is 92.8 Å². The molecule has 15 heavy (non-hydrogen) atoms. The van der Waals surface area contributed by atoms with Crippen molar-refractivity contribution in [1.29, 1.82) is 0 Å². The van der Waals surface area contributed by atoms with Gasteiger partial charge in [-0.05, 0) is 26.7 Å². The standard InChI is InChI=1S/C11H24N2O2/c1-6-11(7-2,8-12)13(5)10(14)15-9(3)4/h9H,6-8,12H2,1-5H3. The Kier molecular flexibility index (Phi) is 5.65. The topological polar surface area (TPSA) is 55.6 Å². The van der Waals surface area contributed by atoms with Gasteiger partial charge in [-0.1, -0.05) is 13.8 Å². The number of nitrogens with zero attached hydrogens (tertiary/aromatic N) is 1. The lowest BCUT2D eigenvalue weighted by Crippen LogP contribution is -2.54. The van der Waals surface area contributed by atoms with Crippen molar-refractivity contribution in [3.8, 4) is 0 Å². The summed E-state index contributed by atoms with van der Waals surface area (Å²) in [5.74, 6) is 0. The summed E-state index contributed by atoms with van der Waals surface area (Å²) in [6, 6.07) is 0. The van der Waals surface area contributed by atoms with E-state index in [0.29, 0.717) is 6.54 Å². The lowest BCUT2D eigenvalue weighted by molar-refractivity contribution is 0.0440. The van der Waals surface area contributed by atoms with E-state index >= 15 is 0 Å². The zero-order chi connectivity index (χ0) is 12.1. The molecular formula is C11H24N2O2. The number of hydrogen-bond acceptors (Lipinski definition) is 3. The number of amides is 1. The van der Waals surface area contributed by atoms with E-state index < -0.39 is 0 Å². The fourth-order valence-electron chi connectivity index (χ4n) is 1.62. The summed E-state index contributed by atoms with van der Waals surface area (Å²) in [5.41, 5.74) is 5.48. The summed E-state index contributed by atoms with van der Waals surface area (Å²) in [4.78, 5) is 13.4. The van der Waals surface area contributed by atoms with Gasteiger partial charge in [-0.25, -0.2) is 4.79 Å². The van der Waals surface area contributed by atoms with Gasteiger partial charge in [-0.2, -0.15) is 0 Å². The van der Waals surface area contributed by atoms with E-state index in [1.54, 1.807) is 11.9 Å². The first-order valence-electron chi connectivity index (χ1n) is 5.58. The Bertz CT molecular complexity index is 192. The van der Waals surface area contributed by atoms with E-state index in [9.17, 15) is 4.79 Å². The van der Waals surface area contributed by atoms with Crippen LogP contribution in [0.25, 0.3) is 0 Å². The zero-order valence-corrected chi connectivity index (χ0v) is 10.5. The lowest BCUT2D eigenvalue weighted by atomic mass is 9.91.